The SMILES string of the molecule is CC(C)c1cn(Cc2cccnc2)cn1. The van der Waals surface area contributed by atoms with Gasteiger partial charge in [0.05, 0.1) is 18.6 Å². The molecule has 0 spiro atoms. The highest BCUT2D eigenvalue weighted by molar-refractivity contribution is 5.10. The molecular weight excluding hydrogens is 186 g/mol. The van der Waals surface area contributed by atoms with Gasteiger partial charge in [-0.25, -0.2) is 4.98 Å². The highest BCUT2D eigenvalue weighted by Crippen LogP contribution is 2.11. The minimum atomic E-state index is 0.486. The second-order valence-electron chi connectivity index (χ2n) is 3.99. The summed E-state index contributed by atoms with van der Waals surface area (Å²) in [6.07, 6.45) is 7.64. The van der Waals surface area contributed by atoms with Gasteiger partial charge < -0.3 is 4.57 Å². The molecule has 0 fully saturated rings. The molecule has 3 heteroatoms. The lowest BCUT2D eigenvalue weighted by Crippen LogP contribution is -1.96. The molecule has 0 aromatic carbocycles. The maximum atomic E-state index is 4.35. The lowest BCUT2D eigenvalue weighted by atomic mass is 10.2. The molecule has 0 saturated carbocycles. The van der Waals surface area contributed by atoms with Crippen molar-refractivity contribution in [2.45, 2.75) is 26.3 Å². The Morgan fingerprint density at radius 1 is 1.40 bits per heavy atom. The molecule has 2 heterocycles. The van der Waals surface area contributed by atoms with Crippen LogP contribution in [0.2, 0.25) is 0 Å². The normalized spacial score (nSPS) is 10.9. The van der Waals surface area contributed by atoms with Crippen LogP contribution < -0.4 is 0 Å². The van der Waals surface area contributed by atoms with E-state index >= 15 is 0 Å². The average molecular weight is 201 g/mol. The third-order valence-electron chi connectivity index (χ3n) is 2.33. The number of nitrogens with zero attached hydrogens (tertiary/aromatic N) is 3. The maximum absolute atomic E-state index is 4.35. The zero-order valence-corrected chi connectivity index (χ0v) is 9.09. The van der Waals surface area contributed by atoms with Crippen molar-refractivity contribution >= 4 is 0 Å². The summed E-state index contributed by atoms with van der Waals surface area (Å²) in [5.41, 5.74) is 2.34. The van der Waals surface area contributed by atoms with Crippen molar-refractivity contribution in [2.24, 2.45) is 0 Å². The van der Waals surface area contributed by atoms with Crippen LogP contribution in [0.5, 0.6) is 0 Å². The van der Waals surface area contributed by atoms with E-state index in [1.165, 1.54) is 5.56 Å². The highest BCUT2D eigenvalue weighted by Gasteiger charge is 2.03. The van der Waals surface area contributed by atoms with E-state index in [0.717, 1.165) is 12.2 Å². The van der Waals surface area contributed by atoms with Crippen LogP contribution in [0.15, 0.2) is 37.1 Å². The standard InChI is InChI=1S/C12H15N3/c1-10(2)12-8-15(9-14-12)7-11-4-3-5-13-6-11/h3-6,8-10H,7H2,1-2H3. The van der Waals surface area contributed by atoms with Crippen LogP contribution in [-0.2, 0) is 6.54 Å². The molecule has 0 atom stereocenters. The first-order valence-electron chi connectivity index (χ1n) is 5.16. The van der Waals surface area contributed by atoms with Gasteiger partial charge in [-0.1, -0.05) is 19.9 Å². The predicted molar refractivity (Wildman–Crippen MR) is 59.7 cm³/mol. The van der Waals surface area contributed by atoms with Gasteiger partial charge in [0.2, 0.25) is 0 Å². The van der Waals surface area contributed by atoms with Gasteiger partial charge in [0.1, 0.15) is 0 Å². The third kappa shape index (κ3) is 2.43. The number of hydrogen-bond donors (Lipinski definition) is 0. The quantitative estimate of drug-likeness (QED) is 0.763. The van der Waals surface area contributed by atoms with Crippen molar-refractivity contribution in [1.82, 2.24) is 14.5 Å². The summed E-state index contributed by atoms with van der Waals surface area (Å²) in [7, 11) is 0. The van der Waals surface area contributed by atoms with Gasteiger partial charge in [0.15, 0.2) is 0 Å². The lowest BCUT2D eigenvalue weighted by Gasteiger charge is -2.01. The van der Waals surface area contributed by atoms with E-state index in [2.05, 4.69) is 40.6 Å². The van der Waals surface area contributed by atoms with Gasteiger partial charge in [-0.3, -0.25) is 4.98 Å². The smallest absolute Gasteiger partial charge is 0.0952 e. The first-order chi connectivity index (χ1) is 7.25. The van der Waals surface area contributed by atoms with Crippen molar-refractivity contribution in [3.05, 3.63) is 48.3 Å². The molecular formula is C12H15N3. The first-order valence-corrected chi connectivity index (χ1v) is 5.16. The Labute approximate surface area is 89.8 Å². The summed E-state index contributed by atoms with van der Waals surface area (Å²) in [4.78, 5) is 8.44. The Morgan fingerprint density at radius 2 is 2.27 bits per heavy atom. The van der Waals surface area contributed by atoms with Gasteiger partial charge in [-0.2, -0.15) is 0 Å². The third-order valence-corrected chi connectivity index (χ3v) is 2.33. The number of hydrogen-bond acceptors (Lipinski definition) is 2. The van der Waals surface area contributed by atoms with Crippen molar-refractivity contribution in [3.63, 3.8) is 0 Å². The molecule has 15 heavy (non-hydrogen) atoms. The fourth-order valence-electron chi connectivity index (χ4n) is 1.46. The zero-order chi connectivity index (χ0) is 10.7. The minimum Gasteiger partial charge on any atom is -0.333 e. The molecule has 2 aromatic rings. The molecule has 0 radical (unpaired) electrons. The summed E-state index contributed by atoms with van der Waals surface area (Å²) in [6.45, 7) is 5.14. The Balaban J connectivity index is 2.12. The molecule has 3 nitrogen and oxygen atoms in total. The average Bonchev–Trinajstić information content (AvgIpc) is 2.68. The number of pyridine rings is 1. The largest absolute Gasteiger partial charge is 0.333 e. The number of rotatable bonds is 3. The number of imidazole rings is 1. The highest BCUT2D eigenvalue weighted by atomic mass is 15.0. The molecule has 0 N–H and O–H groups in total. The van der Waals surface area contributed by atoms with Crippen molar-refractivity contribution in [1.29, 1.82) is 0 Å². The van der Waals surface area contributed by atoms with Crippen LogP contribution in [0.3, 0.4) is 0 Å². The topological polar surface area (TPSA) is 30.7 Å². The van der Waals surface area contributed by atoms with Gasteiger partial charge in [0, 0.05) is 18.6 Å². The monoisotopic (exact) mass is 201 g/mol. The fraction of sp³-hybridized carbons (Fsp3) is 0.333. The summed E-state index contributed by atoms with van der Waals surface area (Å²) < 4.78 is 2.09. The van der Waals surface area contributed by atoms with Gasteiger partial charge in [-0.05, 0) is 17.5 Å². The molecule has 2 rings (SSSR count). The molecule has 0 unspecified atom stereocenters. The van der Waals surface area contributed by atoms with Crippen LogP contribution in [0.4, 0.5) is 0 Å². The van der Waals surface area contributed by atoms with Gasteiger partial charge in [0.25, 0.3) is 0 Å². The first kappa shape index (κ1) is 9.90. The summed E-state index contributed by atoms with van der Waals surface area (Å²) in [5.74, 6) is 0.486. The summed E-state index contributed by atoms with van der Waals surface area (Å²) in [6, 6.07) is 4.03. The molecule has 0 aliphatic carbocycles. The zero-order valence-electron chi connectivity index (χ0n) is 9.09. The van der Waals surface area contributed by atoms with Crippen LogP contribution in [-0.4, -0.2) is 14.5 Å². The molecule has 0 aliphatic heterocycles. The molecule has 0 amide bonds. The lowest BCUT2D eigenvalue weighted by molar-refractivity contribution is 0.786. The molecule has 2 aromatic heterocycles. The second kappa shape index (κ2) is 4.26. The van der Waals surface area contributed by atoms with Crippen LogP contribution in [0, 0.1) is 0 Å². The van der Waals surface area contributed by atoms with Gasteiger partial charge in [-0.15, -0.1) is 0 Å². The Kier molecular flexibility index (Phi) is 2.81. The van der Waals surface area contributed by atoms with Crippen LogP contribution >= 0.6 is 0 Å². The molecule has 0 bridgehead atoms. The summed E-state index contributed by atoms with van der Waals surface area (Å²) >= 11 is 0. The van der Waals surface area contributed by atoms with Crippen molar-refractivity contribution < 1.29 is 0 Å². The van der Waals surface area contributed by atoms with Crippen LogP contribution in [0.25, 0.3) is 0 Å². The van der Waals surface area contributed by atoms with Crippen molar-refractivity contribution in [2.75, 3.05) is 0 Å². The maximum Gasteiger partial charge on any atom is 0.0952 e. The predicted octanol–water partition coefficient (Wildman–Crippen LogP) is 2.45. The Morgan fingerprint density at radius 3 is 2.87 bits per heavy atom. The van der Waals surface area contributed by atoms with E-state index in [0.29, 0.717) is 5.92 Å². The second-order valence-corrected chi connectivity index (χ2v) is 3.99. The van der Waals surface area contributed by atoms with Crippen LogP contribution in [0.1, 0.15) is 31.0 Å². The molecule has 0 saturated heterocycles. The van der Waals surface area contributed by atoms with E-state index in [9.17, 15) is 0 Å². The molecule has 0 aliphatic rings. The molecule has 78 valence electrons. The van der Waals surface area contributed by atoms with E-state index < -0.39 is 0 Å². The minimum absolute atomic E-state index is 0.486. The number of aromatic nitrogens is 3. The summed E-state index contributed by atoms with van der Waals surface area (Å²) in [5, 5.41) is 0. The Bertz CT molecular complexity index is 417. The van der Waals surface area contributed by atoms with E-state index in [-0.39, 0.29) is 0 Å². The van der Waals surface area contributed by atoms with E-state index in [4.69, 9.17) is 0 Å². The fourth-order valence-corrected chi connectivity index (χ4v) is 1.46. The van der Waals surface area contributed by atoms with Crippen molar-refractivity contribution in [3.8, 4) is 0 Å². The van der Waals surface area contributed by atoms with E-state index in [1.54, 1.807) is 6.20 Å². The Hall–Kier alpha value is -1.64. The van der Waals surface area contributed by atoms with Gasteiger partial charge >= 0.3 is 0 Å². The van der Waals surface area contributed by atoms with E-state index in [1.807, 2.05) is 18.6 Å².